The van der Waals surface area contributed by atoms with Crippen molar-refractivity contribution in [1.82, 2.24) is 19.8 Å². The fourth-order valence-corrected chi connectivity index (χ4v) is 5.18. The molecule has 6 nitrogen and oxygen atoms in total. The van der Waals surface area contributed by atoms with E-state index in [0.29, 0.717) is 23.1 Å². The van der Waals surface area contributed by atoms with Crippen LogP contribution in [0.2, 0.25) is 0 Å². The van der Waals surface area contributed by atoms with E-state index >= 15 is 0 Å². The number of piperidine rings is 1. The summed E-state index contributed by atoms with van der Waals surface area (Å²) < 4.78 is 2.92. The number of nitrogens with one attached hydrogen (secondary N) is 2. The van der Waals surface area contributed by atoms with Gasteiger partial charge in [-0.3, -0.25) is 19.1 Å². The molecular formula is C26H31BrN4O2S. The van der Waals surface area contributed by atoms with Crippen molar-refractivity contribution in [3.63, 3.8) is 0 Å². The first kappa shape index (κ1) is 24.8. The third-order valence-electron chi connectivity index (χ3n) is 6.43. The van der Waals surface area contributed by atoms with Crippen LogP contribution in [-0.4, -0.2) is 39.5 Å². The van der Waals surface area contributed by atoms with Gasteiger partial charge >= 0.3 is 0 Å². The summed E-state index contributed by atoms with van der Waals surface area (Å²) in [4.78, 5) is 30.8. The van der Waals surface area contributed by atoms with Crippen LogP contribution in [0.5, 0.6) is 0 Å². The van der Waals surface area contributed by atoms with Crippen LogP contribution in [0.25, 0.3) is 10.9 Å². The molecule has 34 heavy (non-hydrogen) atoms. The molecule has 0 radical (unpaired) electrons. The Balaban J connectivity index is 1.16. The van der Waals surface area contributed by atoms with Crippen molar-refractivity contribution in [2.24, 2.45) is 0 Å². The van der Waals surface area contributed by atoms with Gasteiger partial charge in [0, 0.05) is 43.1 Å². The average molecular weight is 544 g/mol. The van der Waals surface area contributed by atoms with E-state index < -0.39 is 0 Å². The zero-order chi connectivity index (χ0) is 23.9. The number of H-pyrrole nitrogens is 1. The molecular weight excluding hydrogens is 512 g/mol. The van der Waals surface area contributed by atoms with Gasteiger partial charge in [-0.15, -0.1) is 0 Å². The number of halogens is 1. The zero-order valence-electron chi connectivity index (χ0n) is 19.3. The number of aromatic nitrogens is 2. The summed E-state index contributed by atoms with van der Waals surface area (Å²) in [5.41, 5.74) is 2.01. The number of hydrogen-bond acceptors (Lipinski definition) is 4. The predicted molar refractivity (Wildman–Crippen MR) is 142 cm³/mol. The highest BCUT2D eigenvalue weighted by Crippen LogP contribution is 2.16. The lowest BCUT2D eigenvalue weighted by Crippen LogP contribution is -2.44. The molecule has 0 bridgehead atoms. The maximum atomic E-state index is 12.8. The first-order valence-corrected chi connectivity index (χ1v) is 13.2. The zero-order valence-corrected chi connectivity index (χ0v) is 21.7. The molecule has 0 saturated carbocycles. The Labute approximate surface area is 213 Å². The summed E-state index contributed by atoms with van der Waals surface area (Å²) in [6, 6.07) is 16.4. The molecule has 1 aliphatic heterocycles. The lowest BCUT2D eigenvalue weighted by Gasteiger charge is -2.32. The van der Waals surface area contributed by atoms with Crippen molar-refractivity contribution in [2.45, 2.75) is 57.7 Å². The summed E-state index contributed by atoms with van der Waals surface area (Å²) in [7, 11) is 0. The van der Waals surface area contributed by atoms with Crippen LogP contribution in [-0.2, 0) is 17.9 Å². The highest BCUT2D eigenvalue weighted by Gasteiger charge is 2.20. The number of hydrogen-bond donors (Lipinski definition) is 2. The number of carbonyl (C=O) groups is 1. The Morgan fingerprint density at radius 1 is 1.09 bits per heavy atom. The third kappa shape index (κ3) is 6.64. The minimum absolute atomic E-state index is 0.0728. The van der Waals surface area contributed by atoms with Gasteiger partial charge in [-0.1, -0.05) is 52.7 Å². The number of aromatic amines is 1. The summed E-state index contributed by atoms with van der Waals surface area (Å²) in [5, 5.41) is 3.83. The van der Waals surface area contributed by atoms with E-state index in [1.165, 1.54) is 5.56 Å². The van der Waals surface area contributed by atoms with Crippen LogP contribution in [0.1, 0.15) is 44.1 Å². The van der Waals surface area contributed by atoms with E-state index in [1.54, 1.807) is 4.57 Å². The van der Waals surface area contributed by atoms with Crippen molar-refractivity contribution in [1.29, 1.82) is 0 Å². The van der Waals surface area contributed by atoms with Crippen LogP contribution in [0.4, 0.5) is 0 Å². The molecule has 1 amide bonds. The molecule has 8 heteroatoms. The summed E-state index contributed by atoms with van der Waals surface area (Å²) in [6.07, 6.45) is 5.01. The number of fused-ring (bicyclic) bond motifs is 1. The van der Waals surface area contributed by atoms with Crippen LogP contribution in [0.3, 0.4) is 0 Å². The van der Waals surface area contributed by atoms with Gasteiger partial charge in [-0.25, -0.2) is 0 Å². The minimum atomic E-state index is -0.0728. The fraction of sp³-hybridized carbons (Fsp3) is 0.423. The quantitative estimate of drug-likeness (QED) is 0.289. The molecule has 2 N–H and O–H groups in total. The Hall–Kier alpha value is -2.29. The van der Waals surface area contributed by atoms with Gasteiger partial charge in [0.05, 0.1) is 10.9 Å². The molecule has 1 aromatic heterocycles. The molecule has 3 aromatic rings. The molecule has 1 fully saturated rings. The summed E-state index contributed by atoms with van der Waals surface area (Å²) in [6.45, 7) is 3.55. The highest BCUT2D eigenvalue weighted by molar-refractivity contribution is 9.10. The van der Waals surface area contributed by atoms with Gasteiger partial charge in [-0.05, 0) is 61.7 Å². The molecule has 2 heterocycles. The lowest BCUT2D eigenvalue weighted by molar-refractivity contribution is -0.122. The second-order valence-electron chi connectivity index (χ2n) is 8.99. The van der Waals surface area contributed by atoms with E-state index in [1.807, 2.05) is 24.3 Å². The second kappa shape index (κ2) is 11.9. The van der Waals surface area contributed by atoms with Crippen molar-refractivity contribution >= 4 is 45.0 Å². The maximum Gasteiger partial charge on any atom is 0.262 e. The van der Waals surface area contributed by atoms with E-state index in [0.717, 1.165) is 61.7 Å². The Morgan fingerprint density at radius 3 is 2.62 bits per heavy atom. The standard InChI is InChI=1S/C26H31BrN4O2S/c27-20-10-11-23-22(17-20)25(33)31(26(34)29-23)14-6-2-5-9-24(32)28-21-12-15-30(16-13-21)18-19-7-3-1-4-8-19/h1,3-4,7-8,10-11,17,21H,2,5-6,9,12-16,18H2,(H,28,32)(H,29,34). The van der Waals surface area contributed by atoms with Crippen molar-refractivity contribution < 1.29 is 4.79 Å². The van der Waals surface area contributed by atoms with Crippen molar-refractivity contribution in [3.8, 4) is 0 Å². The van der Waals surface area contributed by atoms with Gasteiger partial charge in [-0.2, -0.15) is 0 Å². The van der Waals surface area contributed by atoms with Crippen LogP contribution in [0, 0.1) is 4.77 Å². The van der Waals surface area contributed by atoms with Crippen LogP contribution in [0.15, 0.2) is 57.8 Å². The van der Waals surface area contributed by atoms with Crippen molar-refractivity contribution in [3.05, 3.63) is 73.7 Å². The van der Waals surface area contributed by atoms with Gasteiger partial charge in [0.15, 0.2) is 4.77 Å². The number of rotatable bonds is 9. The number of nitrogens with zero attached hydrogens (tertiary/aromatic N) is 2. The Bertz CT molecular complexity index is 1230. The van der Waals surface area contributed by atoms with Gasteiger partial charge in [0.25, 0.3) is 5.56 Å². The number of likely N-dealkylation sites (tertiary alicyclic amines) is 1. The van der Waals surface area contributed by atoms with Crippen LogP contribution >= 0.6 is 28.1 Å². The van der Waals surface area contributed by atoms with Crippen molar-refractivity contribution in [2.75, 3.05) is 13.1 Å². The number of carbonyl (C=O) groups excluding carboxylic acids is 1. The van der Waals surface area contributed by atoms with E-state index in [4.69, 9.17) is 12.2 Å². The van der Waals surface area contributed by atoms with Crippen LogP contribution < -0.4 is 10.9 Å². The summed E-state index contributed by atoms with van der Waals surface area (Å²) in [5.74, 6) is 0.131. The maximum absolute atomic E-state index is 12.8. The normalized spacial score (nSPS) is 15.0. The highest BCUT2D eigenvalue weighted by atomic mass is 79.9. The topological polar surface area (TPSA) is 70.1 Å². The molecule has 1 saturated heterocycles. The molecule has 180 valence electrons. The lowest BCUT2D eigenvalue weighted by atomic mass is 10.0. The monoisotopic (exact) mass is 542 g/mol. The predicted octanol–water partition coefficient (Wildman–Crippen LogP) is 5.16. The number of unbranched alkanes of at least 4 members (excludes halogenated alkanes) is 2. The molecule has 4 rings (SSSR count). The first-order valence-electron chi connectivity index (χ1n) is 12.0. The molecule has 0 spiro atoms. The largest absolute Gasteiger partial charge is 0.353 e. The smallest absolute Gasteiger partial charge is 0.262 e. The van der Waals surface area contributed by atoms with E-state index in [9.17, 15) is 9.59 Å². The Morgan fingerprint density at radius 2 is 1.85 bits per heavy atom. The van der Waals surface area contributed by atoms with Gasteiger partial charge in [0.2, 0.25) is 5.91 Å². The molecule has 1 aliphatic rings. The minimum Gasteiger partial charge on any atom is -0.353 e. The molecule has 0 atom stereocenters. The molecule has 0 unspecified atom stereocenters. The SMILES string of the molecule is O=C(CCCCCn1c(=S)[nH]c2ccc(Br)cc2c1=O)NC1CCN(Cc2ccccc2)CC1. The van der Waals surface area contributed by atoms with Gasteiger partial charge < -0.3 is 10.3 Å². The second-order valence-corrected chi connectivity index (χ2v) is 10.3. The number of amides is 1. The number of benzene rings is 2. The third-order valence-corrected chi connectivity index (χ3v) is 7.25. The average Bonchev–Trinajstić information content (AvgIpc) is 2.83. The fourth-order valence-electron chi connectivity index (χ4n) is 4.53. The van der Waals surface area contributed by atoms with Gasteiger partial charge in [0.1, 0.15) is 0 Å². The van der Waals surface area contributed by atoms with E-state index in [-0.39, 0.29) is 17.5 Å². The molecule has 2 aromatic carbocycles. The Kier molecular flexibility index (Phi) is 8.69. The first-order chi connectivity index (χ1) is 16.5. The molecule has 0 aliphatic carbocycles. The van der Waals surface area contributed by atoms with E-state index in [2.05, 4.69) is 55.4 Å². The summed E-state index contributed by atoms with van der Waals surface area (Å²) >= 11 is 8.80.